The Morgan fingerprint density at radius 3 is 2.78 bits per heavy atom. The first-order valence-corrected chi connectivity index (χ1v) is 6.06. The molecule has 1 aromatic rings. The predicted octanol–water partition coefficient (Wildman–Crippen LogP) is 1.92. The minimum Gasteiger partial charge on any atom is -0.478 e. The van der Waals surface area contributed by atoms with Crippen LogP contribution in [-0.2, 0) is 16.1 Å². The summed E-state index contributed by atoms with van der Waals surface area (Å²) >= 11 is 0. The van der Waals surface area contributed by atoms with Crippen molar-refractivity contribution in [2.75, 3.05) is 6.61 Å². The molecule has 0 fully saturated rings. The number of hydrogen-bond acceptors (Lipinski definition) is 3. The molecule has 0 aliphatic carbocycles. The van der Waals surface area contributed by atoms with Gasteiger partial charge in [0.25, 0.3) is 0 Å². The summed E-state index contributed by atoms with van der Waals surface area (Å²) in [6.07, 6.45) is 2.98. The standard InChI is InChI=1S/C14H17NO3/c16-14(17)12-6-7-13(15-8-12)10-18-9-11-4-2-1-3-5-11/h1-5,8,13,15H,6-7,9-10H2,(H,16,17)/t13-/m0/s1. The molecule has 4 heteroatoms. The molecule has 0 saturated carbocycles. The van der Waals surface area contributed by atoms with Gasteiger partial charge in [-0.2, -0.15) is 0 Å². The molecule has 4 nitrogen and oxygen atoms in total. The number of ether oxygens (including phenoxy) is 1. The van der Waals surface area contributed by atoms with E-state index in [0.717, 1.165) is 12.0 Å². The maximum absolute atomic E-state index is 10.7. The summed E-state index contributed by atoms with van der Waals surface area (Å²) in [7, 11) is 0. The minimum absolute atomic E-state index is 0.205. The van der Waals surface area contributed by atoms with E-state index in [1.165, 1.54) is 0 Å². The van der Waals surface area contributed by atoms with Crippen molar-refractivity contribution in [1.82, 2.24) is 5.32 Å². The smallest absolute Gasteiger partial charge is 0.333 e. The van der Waals surface area contributed by atoms with Gasteiger partial charge < -0.3 is 15.2 Å². The summed E-state index contributed by atoms with van der Waals surface area (Å²) in [4.78, 5) is 10.7. The van der Waals surface area contributed by atoms with Crippen LogP contribution in [0.5, 0.6) is 0 Å². The molecule has 2 rings (SSSR count). The van der Waals surface area contributed by atoms with Gasteiger partial charge in [-0.1, -0.05) is 30.3 Å². The van der Waals surface area contributed by atoms with Crippen molar-refractivity contribution in [2.24, 2.45) is 0 Å². The Labute approximate surface area is 106 Å². The third-order valence-corrected chi connectivity index (χ3v) is 2.96. The van der Waals surface area contributed by atoms with Crippen LogP contribution in [0.1, 0.15) is 18.4 Å². The van der Waals surface area contributed by atoms with Gasteiger partial charge in [0.2, 0.25) is 0 Å². The Morgan fingerprint density at radius 2 is 2.17 bits per heavy atom. The van der Waals surface area contributed by atoms with Gasteiger partial charge in [0, 0.05) is 12.2 Å². The second-order valence-corrected chi connectivity index (χ2v) is 4.38. The number of carboxylic acids is 1. The highest BCUT2D eigenvalue weighted by Gasteiger charge is 2.17. The van der Waals surface area contributed by atoms with Crippen LogP contribution in [-0.4, -0.2) is 23.7 Å². The largest absolute Gasteiger partial charge is 0.478 e. The van der Waals surface area contributed by atoms with Crippen LogP contribution in [0.2, 0.25) is 0 Å². The first kappa shape index (κ1) is 12.6. The zero-order chi connectivity index (χ0) is 12.8. The minimum atomic E-state index is -0.842. The summed E-state index contributed by atoms with van der Waals surface area (Å²) in [5, 5.41) is 11.9. The predicted molar refractivity (Wildman–Crippen MR) is 68.0 cm³/mol. The Balaban J connectivity index is 1.71. The van der Waals surface area contributed by atoms with E-state index in [-0.39, 0.29) is 6.04 Å². The van der Waals surface area contributed by atoms with Crippen LogP contribution in [0, 0.1) is 0 Å². The maximum atomic E-state index is 10.7. The summed E-state index contributed by atoms with van der Waals surface area (Å²) in [6.45, 7) is 1.19. The molecule has 0 saturated heterocycles. The molecule has 1 aliphatic heterocycles. The summed E-state index contributed by atoms with van der Waals surface area (Å²) < 4.78 is 5.62. The number of aliphatic carboxylic acids is 1. The number of carbonyl (C=O) groups is 1. The first-order valence-electron chi connectivity index (χ1n) is 6.06. The van der Waals surface area contributed by atoms with E-state index in [0.29, 0.717) is 25.2 Å². The Bertz CT molecular complexity index is 428. The molecule has 0 aromatic heterocycles. The second-order valence-electron chi connectivity index (χ2n) is 4.38. The highest BCUT2D eigenvalue weighted by molar-refractivity contribution is 5.86. The fourth-order valence-corrected chi connectivity index (χ4v) is 1.90. The van der Waals surface area contributed by atoms with Crippen LogP contribution in [0.4, 0.5) is 0 Å². The Kier molecular flexibility index (Phi) is 4.36. The average molecular weight is 247 g/mol. The maximum Gasteiger partial charge on any atom is 0.333 e. The monoisotopic (exact) mass is 247 g/mol. The lowest BCUT2D eigenvalue weighted by Crippen LogP contribution is -2.33. The van der Waals surface area contributed by atoms with E-state index < -0.39 is 5.97 Å². The number of carboxylic acid groups (broad SMARTS) is 1. The fraction of sp³-hybridized carbons (Fsp3) is 0.357. The summed E-state index contributed by atoms with van der Waals surface area (Å²) in [5.74, 6) is -0.842. The van der Waals surface area contributed by atoms with E-state index in [2.05, 4.69) is 5.32 Å². The van der Waals surface area contributed by atoms with E-state index in [9.17, 15) is 4.79 Å². The molecule has 0 radical (unpaired) electrons. The zero-order valence-electron chi connectivity index (χ0n) is 10.1. The molecule has 96 valence electrons. The lowest BCUT2D eigenvalue weighted by molar-refractivity contribution is -0.133. The van der Waals surface area contributed by atoms with Gasteiger partial charge in [0.05, 0.1) is 18.8 Å². The molecular weight excluding hydrogens is 230 g/mol. The highest BCUT2D eigenvalue weighted by Crippen LogP contribution is 2.13. The molecular formula is C14H17NO3. The molecule has 1 aliphatic rings. The number of benzene rings is 1. The SMILES string of the molecule is O=C(O)C1=CN[C@H](COCc2ccccc2)CC1. The van der Waals surface area contributed by atoms with E-state index >= 15 is 0 Å². The van der Waals surface area contributed by atoms with Crippen molar-refractivity contribution in [1.29, 1.82) is 0 Å². The van der Waals surface area contributed by atoms with Crippen molar-refractivity contribution in [2.45, 2.75) is 25.5 Å². The van der Waals surface area contributed by atoms with Crippen LogP contribution in [0.3, 0.4) is 0 Å². The Hall–Kier alpha value is -1.81. The van der Waals surface area contributed by atoms with Crippen LogP contribution in [0.25, 0.3) is 0 Å². The summed E-state index contributed by atoms with van der Waals surface area (Å²) in [5.41, 5.74) is 1.59. The Morgan fingerprint density at radius 1 is 1.39 bits per heavy atom. The number of nitrogens with one attached hydrogen (secondary N) is 1. The highest BCUT2D eigenvalue weighted by atomic mass is 16.5. The molecule has 0 spiro atoms. The van der Waals surface area contributed by atoms with Crippen molar-refractivity contribution < 1.29 is 14.6 Å². The van der Waals surface area contributed by atoms with E-state index in [4.69, 9.17) is 9.84 Å². The summed E-state index contributed by atoms with van der Waals surface area (Å²) in [6, 6.07) is 10.2. The van der Waals surface area contributed by atoms with Crippen LogP contribution in [0.15, 0.2) is 42.1 Å². The van der Waals surface area contributed by atoms with Gasteiger partial charge in [-0.25, -0.2) is 4.79 Å². The van der Waals surface area contributed by atoms with E-state index in [1.54, 1.807) is 6.20 Å². The molecule has 0 bridgehead atoms. The molecule has 1 atom stereocenters. The normalized spacial score (nSPS) is 18.9. The van der Waals surface area contributed by atoms with Gasteiger partial charge in [-0.05, 0) is 18.4 Å². The van der Waals surface area contributed by atoms with Gasteiger partial charge >= 0.3 is 5.97 Å². The van der Waals surface area contributed by atoms with Crippen molar-refractivity contribution in [3.05, 3.63) is 47.7 Å². The molecule has 1 aromatic carbocycles. The fourth-order valence-electron chi connectivity index (χ4n) is 1.90. The number of hydrogen-bond donors (Lipinski definition) is 2. The lowest BCUT2D eigenvalue weighted by atomic mass is 10.0. The zero-order valence-corrected chi connectivity index (χ0v) is 10.1. The third-order valence-electron chi connectivity index (χ3n) is 2.96. The first-order chi connectivity index (χ1) is 8.75. The van der Waals surface area contributed by atoms with Gasteiger partial charge in [-0.3, -0.25) is 0 Å². The topological polar surface area (TPSA) is 58.6 Å². The van der Waals surface area contributed by atoms with Gasteiger partial charge in [0.15, 0.2) is 0 Å². The van der Waals surface area contributed by atoms with Gasteiger partial charge in [-0.15, -0.1) is 0 Å². The molecule has 1 heterocycles. The second kappa shape index (κ2) is 6.21. The van der Waals surface area contributed by atoms with Crippen LogP contribution >= 0.6 is 0 Å². The lowest BCUT2D eigenvalue weighted by Gasteiger charge is -2.22. The van der Waals surface area contributed by atoms with Crippen molar-refractivity contribution in [3.8, 4) is 0 Å². The molecule has 2 N–H and O–H groups in total. The molecule has 0 unspecified atom stereocenters. The molecule has 18 heavy (non-hydrogen) atoms. The van der Waals surface area contributed by atoms with Crippen LogP contribution < -0.4 is 5.32 Å². The van der Waals surface area contributed by atoms with E-state index in [1.807, 2.05) is 30.3 Å². The quantitative estimate of drug-likeness (QED) is 0.834. The number of rotatable bonds is 5. The van der Waals surface area contributed by atoms with Crippen molar-refractivity contribution in [3.63, 3.8) is 0 Å². The third kappa shape index (κ3) is 3.60. The van der Waals surface area contributed by atoms with Crippen molar-refractivity contribution >= 4 is 5.97 Å². The van der Waals surface area contributed by atoms with Gasteiger partial charge in [0.1, 0.15) is 0 Å². The average Bonchev–Trinajstić information content (AvgIpc) is 2.40. The molecule has 0 amide bonds.